The summed E-state index contributed by atoms with van der Waals surface area (Å²) in [5, 5.41) is 11.9. The van der Waals surface area contributed by atoms with Crippen LogP contribution in [0.4, 0.5) is 0 Å². The van der Waals surface area contributed by atoms with E-state index in [9.17, 15) is 4.79 Å². The molecule has 1 fully saturated rings. The zero-order chi connectivity index (χ0) is 19.1. The Morgan fingerprint density at radius 2 is 1.93 bits per heavy atom. The Bertz CT molecular complexity index is 764. The van der Waals surface area contributed by atoms with E-state index in [1.807, 2.05) is 43.3 Å². The molecule has 1 unspecified atom stereocenters. The summed E-state index contributed by atoms with van der Waals surface area (Å²) >= 11 is 0. The molecule has 0 radical (unpaired) electrons. The Labute approximate surface area is 160 Å². The van der Waals surface area contributed by atoms with Crippen LogP contribution >= 0.6 is 0 Å². The maximum absolute atomic E-state index is 12.3. The molecule has 6 nitrogen and oxygen atoms in total. The fourth-order valence-electron chi connectivity index (χ4n) is 3.38. The quantitative estimate of drug-likeness (QED) is 0.851. The van der Waals surface area contributed by atoms with E-state index >= 15 is 0 Å². The molecule has 2 heterocycles. The topological polar surface area (TPSA) is 72.5 Å². The minimum atomic E-state index is -0.118. The van der Waals surface area contributed by atoms with Crippen LogP contribution in [0.1, 0.15) is 36.3 Å². The van der Waals surface area contributed by atoms with Crippen molar-refractivity contribution in [3.05, 3.63) is 59.5 Å². The molecular formula is C21H26N4O2. The number of carbonyl (C=O) groups excluding carboxylic acids is 1. The summed E-state index contributed by atoms with van der Waals surface area (Å²) in [5.74, 6) is 0.798. The van der Waals surface area contributed by atoms with Gasteiger partial charge in [0.15, 0.2) is 0 Å². The summed E-state index contributed by atoms with van der Waals surface area (Å²) in [6.45, 7) is 6.96. The molecule has 3 rings (SSSR count). The molecule has 2 aromatic rings. The highest BCUT2D eigenvalue weighted by Gasteiger charge is 2.19. The molecule has 27 heavy (non-hydrogen) atoms. The van der Waals surface area contributed by atoms with Crippen molar-refractivity contribution in [2.75, 3.05) is 32.7 Å². The zero-order valence-electron chi connectivity index (χ0n) is 15.7. The summed E-state index contributed by atoms with van der Waals surface area (Å²) in [4.78, 5) is 16.9. The highest BCUT2D eigenvalue weighted by molar-refractivity contribution is 5.78. The third-order valence-electron chi connectivity index (χ3n) is 4.89. The van der Waals surface area contributed by atoms with Gasteiger partial charge in [-0.1, -0.05) is 12.1 Å². The molecule has 0 bridgehead atoms. The average Bonchev–Trinajstić information content (AvgIpc) is 3.13. The van der Waals surface area contributed by atoms with Gasteiger partial charge in [-0.3, -0.25) is 14.6 Å². The summed E-state index contributed by atoms with van der Waals surface area (Å²) in [6, 6.07) is 13.5. The van der Waals surface area contributed by atoms with Gasteiger partial charge in [0.1, 0.15) is 5.76 Å². The highest BCUT2D eigenvalue weighted by atomic mass is 16.3. The zero-order valence-corrected chi connectivity index (χ0v) is 15.7. The third-order valence-corrected chi connectivity index (χ3v) is 4.89. The van der Waals surface area contributed by atoms with Crippen LogP contribution < -0.4 is 5.32 Å². The van der Waals surface area contributed by atoms with Crippen molar-refractivity contribution in [3.8, 4) is 6.07 Å². The predicted octanol–water partition coefficient (Wildman–Crippen LogP) is 2.54. The molecule has 1 N–H and O–H groups in total. The van der Waals surface area contributed by atoms with Gasteiger partial charge in [0, 0.05) is 19.6 Å². The number of rotatable bonds is 6. The van der Waals surface area contributed by atoms with Crippen LogP contribution in [0.5, 0.6) is 0 Å². The Hall–Kier alpha value is -2.62. The van der Waals surface area contributed by atoms with Gasteiger partial charge >= 0.3 is 0 Å². The molecule has 0 aliphatic carbocycles. The van der Waals surface area contributed by atoms with Crippen LogP contribution in [-0.4, -0.2) is 48.4 Å². The number of carbonyl (C=O) groups is 1. The molecule has 1 aliphatic heterocycles. The lowest BCUT2D eigenvalue weighted by Crippen LogP contribution is -2.40. The number of hydrogen-bond acceptors (Lipinski definition) is 5. The number of nitrogens with one attached hydrogen (secondary N) is 1. The van der Waals surface area contributed by atoms with Crippen molar-refractivity contribution < 1.29 is 9.21 Å². The van der Waals surface area contributed by atoms with Gasteiger partial charge in [-0.15, -0.1) is 0 Å². The Kier molecular flexibility index (Phi) is 6.64. The van der Waals surface area contributed by atoms with Crippen LogP contribution in [-0.2, 0) is 11.3 Å². The van der Waals surface area contributed by atoms with E-state index in [4.69, 9.17) is 9.68 Å². The van der Waals surface area contributed by atoms with Crippen molar-refractivity contribution in [1.29, 1.82) is 5.26 Å². The van der Waals surface area contributed by atoms with Crippen LogP contribution in [0, 0.1) is 11.3 Å². The minimum Gasteiger partial charge on any atom is -0.467 e. The molecule has 1 aliphatic rings. The molecule has 142 valence electrons. The summed E-state index contributed by atoms with van der Waals surface area (Å²) in [6.07, 6.45) is 2.66. The van der Waals surface area contributed by atoms with Crippen molar-refractivity contribution >= 4 is 5.91 Å². The maximum atomic E-state index is 12.3. The number of nitrogens with zero attached hydrogens (tertiary/aromatic N) is 3. The summed E-state index contributed by atoms with van der Waals surface area (Å²) in [7, 11) is 0. The van der Waals surface area contributed by atoms with Crippen LogP contribution in [0.15, 0.2) is 47.1 Å². The van der Waals surface area contributed by atoms with Gasteiger partial charge in [-0.25, -0.2) is 0 Å². The number of amides is 1. The van der Waals surface area contributed by atoms with Gasteiger partial charge in [0.05, 0.1) is 30.5 Å². The second-order valence-corrected chi connectivity index (χ2v) is 7.02. The molecule has 0 saturated carbocycles. The fourth-order valence-corrected chi connectivity index (χ4v) is 3.38. The maximum Gasteiger partial charge on any atom is 0.234 e. The van der Waals surface area contributed by atoms with E-state index < -0.39 is 0 Å². The third kappa shape index (κ3) is 5.68. The van der Waals surface area contributed by atoms with Crippen molar-refractivity contribution in [3.63, 3.8) is 0 Å². The number of nitriles is 1. The molecular weight excluding hydrogens is 340 g/mol. The van der Waals surface area contributed by atoms with E-state index in [1.54, 1.807) is 6.26 Å². The first kappa shape index (κ1) is 19.2. The summed E-state index contributed by atoms with van der Waals surface area (Å²) < 4.78 is 5.34. The fraction of sp³-hybridized carbons (Fsp3) is 0.429. The molecule has 1 atom stereocenters. The van der Waals surface area contributed by atoms with Gasteiger partial charge < -0.3 is 9.73 Å². The second-order valence-electron chi connectivity index (χ2n) is 7.02. The smallest absolute Gasteiger partial charge is 0.234 e. The van der Waals surface area contributed by atoms with E-state index in [0.29, 0.717) is 12.1 Å². The van der Waals surface area contributed by atoms with Crippen molar-refractivity contribution in [2.24, 2.45) is 0 Å². The van der Waals surface area contributed by atoms with Crippen molar-refractivity contribution in [1.82, 2.24) is 15.1 Å². The monoisotopic (exact) mass is 366 g/mol. The lowest BCUT2D eigenvalue weighted by atomic mass is 10.1. The van der Waals surface area contributed by atoms with Gasteiger partial charge in [-0.2, -0.15) is 5.26 Å². The van der Waals surface area contributed by atoms with Gasteiger partial charge in [-0.05, 0) is 56.3 Å². The SMILES string of the molecule is CC(NC(=O)CN1CCCN(Cc2ccc(C#N)cc2)CC1)c1ccco1. The first-order valence-electron chi connectivity index (χ1n) is 9.40. The molecule has 1 aromatic carbocycles. The standard InChI is InChI=1S/C21H26N4O2/c1-17(20-4-2-13-27-20)23-21(26)16-25-10-3-9-24(11-12-25)15-19-7-5-18(14-22)6-8-19/h2,4-8,13,17H,3,9-12,15-16H2,1H3,(H,23,26). The largest absolute Gasteiger partial charge is 0.467 e. The van der Waals surface area contributed by atoms with Gasteiger partial charge in [0.25, 0.3) is 0 Å². The number of benzene rings is 1. The molecule has 1 saturated heterocycles. The van der Waals surface area contributed by atoms with Gasteiger partial charge in [0.2, 0.25) is 5.91 Å². The highest BCUT2D eigenvalue weighted by Crippen LogP contribution is 2.13. The first-order valence-corrected chi connectivity index (χ1v) is 9.40. The second kappa shape index (κ2) is 9.36. The van der Waals surface area contributed by atoms with E-state index in [2.05, 4.69) is 21.2 Å². The summed E-state index contributed by atoms with van der Waals surface area (Å²) in [5.41, 5.74) is 1.91. The van der Waals surface area contributed by atoms with Crippen LogP contribution in [0.25, 0.3) is 0 Å². The molecule has 6 heteroatoms. The van der Waals surface area contributed by atoms with E-state index in [-0.39, 0.29) is 11.9 Å². The minimum absolute atomic E-state index is 0.0273. The van der Waals surface area contributed by atoms with Crippen molar-refractivity contribution in [2.45, 2.75) is 25.9 Å². The molecule has 1 aromatic heterocycles. The van der Waals surface area contributed by atoms with E-state index in [0.717, 1.165) is 44.9 Å². The average molecular weight is 366 g/mol. The Morgan fingerprint density at radius 3 is 2.63 bits per heavy atom. The molecule has 1 amide bonds. The first-order chi connectivity index (χ1) is 13.1. The number of hydrogen-bond donors (Lipinski definition) is 1. The Balaban J connectivity index is 1.45. The molecule has 0 spiro atoms. The Morgan fingerprint density at radius 1 is 1.19 bits per heavy atom. The van der Waals surface area contributed by atoms with Crippen LogP contribution in [0.2, 0.25) is 0 Å². The normalized spacial score (nSPS) is 17.0. The van der Waals surface area contributed by atoms with Crippen LogP contribution in [0.3, 0.4) is 0 Å². The van der Waals surface area contributed by atoms with E-state index in [1.165, 1.54) is 5.56 Å². The lowest BCUT2D eigenvalue weighted by molar-refractivity contribution is -0.123. The number of furan rings is 1. The lowest BCUT2D eigenvalue weighted by Gasteiger charge is -2.22. The predicted molar refractivity (Wildman–Crippen MR) is 103 cm³/mol.